The summed E-state index contributed by atoms with van der Waals surface area (Å²) in [7, 11) is -1.39. The number of nitro benzene ring substituents is 1. The Bertz CT molecular complexity index is 602. The second kappa shape index (κ2) is 6.56. The summed E-state index contributed by atoms with van der Waals surface area (Å²) in [6.45, 7) is 1.22. The van der Waals surface area contributed by atoms with Crippen LogP contribution in [0.1, 0.15) is 12.5 Å². The van der Waals surface area contributed by atoms with Gasteiger partial charge in [0.2, 0.25) is 0 Å². The van der Waals surface area contributed by atoms with Gasteiger partial charge in [-0.05, 0) is 18.6 Å². The van der Waals surface area contributed by atoms with E-state index in [1.807, 2.05) is 0 Å². The second-order valence-electron chi connectivity index (χ2n) is 3.80. The molecule has 20 heavy (non-hydrogen) atoms. The van der Waals surface area contributed by atoms with Crippen LogP contribution in [0.4, 0.5) is 5.69 Å². The van der Waals surface area contributed by atoms with Crippen molar-refractivity contribution in [3.8, 4) is 0 Å². The van der Waals surface area contributed by atoms with E-state index < -0.39 is 18.3 Å². The number of non-ortho nitro benzene ring substituents is 1. The first kappa shape index (κ1) is 16.2. The number of Topliss-reactive ketones (excluding diaryl/α,β-unsaturated/α-hetero) is 1. The lowest BCUT2D eigenvalue weighted by Gasteiger charge is -2.15. The molecule has 1 aromatic rings. The Balaban J connectivity index is 3.35. The minimum atomic E-state index is -3.71. The predicted molar refractivity (Wildman–Crippen MR) is 73.4 cm³/mol. The van der Waals surface area contributed by atoms with Gasteiger partial charge in [-0.3, -0.25) is 19.5 Å². The molecule has 0 aliphatic carbocycles. The Hall–Kier alpha value is -1.82. The summed E-state index contributed by atoms with van der Waals surface area (Å²) in [5, 5.41) is 10.5. The van der Waals surface area contributed by atoms with Crippen molar-refractivity contribution in [3.05, 3.63) is 45.3 Å². The molecular formula is C12H14NO6P. The van der Waals surface area contributed by atoms with Crippen molar-refractivity contribution >= 4 is 25.1 Å². The van der Waals surface area contributed by atoms with Crippen molar-refractivity contribution in [1.82, 2.24) is 0 Å². The van der Waals surface area contributed by atoms with Gasteiger partial charge in [-0.2, -0.15) is 0 Å². The third-order valence-corrected chi connectivity index (χ3v) is 4.52. The van der Waals surface area contributed by atoms with Crippen LogP contribution in [0.25, 0.3) is 6.08 Å². The van der Waals surface area contributed by atoms with E-state index in [4.69, 9.17) is 9.05 Å². The summed E-state index contributed by atoms with van der Waals surface area (Å²) < 4.78 is 21.8. The summed E-state index contributed by atoms with van der Waals surface area (Å²) >= 11 is 0. The highest BCUT2D eigenvalue weighted by molar-refractivity contribution is 7.60. The van der Waals surface area contributed by atoms with Crippen molar-refractivity contribution in [2.24, 2.45) is 0 Å². The van der Waals surface area contributed by atoms with Gasteiger partial charge >= 0.3 is 7.60 Å². The van der Waals surface area contributed by atoms with E-state index in [0.717, 1.165) is 14.2 Å². The van der Waals surface area contributed by atoms with Gasteiger partial charge in [-0.15, -0.1) is 0 Å². The zero-order chi connectivity index (χ0) is 15.3. The summed E-state index contributed by atoms with van der Waals surface area (Å²) in [6, 6.07) is 5.59. The predicted octanol–water partition coefficient (Wildman–Crippen LogP) is 3.01. The lowest BCUT2D eigenvalue weighted by Crippen LogP contribution is -2.01. The van der Waals surface area contributed by atoms with Crippen molar-refractivity contribution in [2.45, 2.75) is 6.92 Å². The van der Waals surface area contributed by atoms with Crippen molar-refractivity contribution in [3.63, 3.8) is 0 Å². The third kappa shape index (κ3) is 3.60. The number of carbonyl (C=O) groups excluding carboxylic acids is 1. The number of allylic oxidation sites excluding steroid dienone is 1. The van der Waals surface area contributed by atoms with Crippen LogP contribution < -0.4 is 0 Å². The second-order valence-corrected chi connectivity index (χ2v) is 6.01. The molecule has 0 aromatic heterocycles. The number of rotatable bonds is 6. The highest BCUT2D eigenvalue weighted by Crippen LogP contribution is 2.55. The zero-order valence-electron chi connectivity index (χ0n) is 11.2. The Morgan fingerprint density at radius 2 is 1.95 bits per heavy atom. The maximum absolute atomic E-state index is 12.2. The molecule has 0 unspecified atom stereocenters. The zero-order valence-corrected chi connectivity index (χ0v) is 12.1. The standard InChI is InChI=1S/C12H14NO6P/c1-9(14)12(20(17,18-2)19-3)8-10-5-4-6-11(7-10)13(15)16/h4-8H,1-3H3. The molecule has 0 bridgehead atoms. The molecule has 0 amide bonds. The maximum Gasteiger partial charge on any atom is 0.364 e. The van der Waals surface area contributed by atoms with Crippen LogP contribution in [0.3, 0.4) is 0 Å². The van der Waals surface area contributed by atoms with E-state index in [0.29, 0.717) is 5.56 Å². The summed E-state index contributed by atoms with van der Waals surface area (Å²) in [6.07, 6.45) is 1.27. The monoisotopic (exact) mass is 299 g/mol. The fourth-order valence-electron chi connectivity index (χ4n) is 1.53. The van der Waals surface area contributed by atoms with Crippen molar-refractivity contribution < 1.29 is 23.3 Å². The van der Waals surface area contributed by atoms with Crippen LogP contribution >= 0.6 is 7.60 Å². The van der Waals surface area contributed by atoms with Crippen LogP contribution in [-0.4, -0.2) is 24.9 Å². The SMILES string of the molecule is COP(=O)(OC)C(=Cc1cccc([N+](=O)[O-])c1)C(C)=O. The van der Waals surface area contributed by atoms with E-state index in [9.17, 15) is 19.5 Å². The van der Waals surface area contributed by atoms with Crippen LogP contribution in [-0.2, 0) is 18.4 Å². The molecule has 0 heterocycles. The average Bonchev–Trinajstić information content (AvgIpc) is 2.44. The van der Waals surface area contributed by atoms with E-state index in [2.05, 4.69) is 0 Å². The van der Waals surface area contributed by atoms with E-state index in [-0.39, 0.29) is 11.0 Å². The van der Waals surface area contributed by atoms with Crippen LogP contribution in [0.2, 0.25) is 0 Å². The smallest absolute Gasteiger partial charge is 0.308 e. The third-order valence-electron chi connectivity index (χ3n) is 2.52. The van der Waals surface area contributed by atoms with Gasteiger partial charge in [0.1, 0.15) is 5.31 Å². The summed E-state index contributed by atoms with van der Waals surface area (Å²) in [5.74, 6) is -0.497. The average molecular weight is 299 g/mol. The summed E-state index contributed by atoms with van der Waals surface area (Å²) in [5.41, 5.74) is 0.227. The lowest BCUT2D eigenvalue weighted by atomic mass is 10.2. The molecule has 0 saturated heterocycles. The van der Waals surface area contributed by atoms with E-state index >= 15 is 0 Å². The number of benzene rings is 1. The fourth-order valence-corrected chi connectivity index (χ4v) is 2.77. The van der Waals surface area contributed by atoms with Gasteiger partial charge in [-0.25, -0.2) is 0 Å². The fraction of sp³-hybridized carbons (Fsp3) is 0.250. The molecule has 108 valence electrons. The van der Waals surface area contributed by atoms with Crippen LogP contribution in [0.15, 0.2) is 29.6 Å². The minimum absolute atomic E-state index is 0.133. The highest BCUT2D eigenvalue weighted by Gasteiger charge is 2.31. The molecule has 0 aliphatic heterocycles. The highest BCUT2D eigenvalue weighted by atomic mass is 31.2. The molecule has 0 saturated carbocycles. The molecule has 0 aliphatic rings. The molecule has 8 heteroatoms. The summed E-state index contributed by atoms with van der Waals surface area (Å²) in [4.78, 5) is 21.7. The Kier molecular flexibility index (Phi) is 5.33. The maximum atomic E-state index is 12.2. The first-order valence-corrected chi connectivity index (χ1v) is 7.07. The van der Waals surface area contributed by atoms with E-state index in [1.165, 1.54) is 31.2 Å². The normalized spacial score (nSPS) is 12.2. The van der Waals surface area contributed by atoms with Gasteiger partial charge in [-0.1, -0.05) is 12.1 Å². The number of nitrogens with zero attached hydrogens (tertiary/aromatic N) is 1. The minimum Gasteiger partial charge on any atom is -0.308 e. The molecule has 0 fully saturated rings. The van der Waals surface area contributed by atoms with Gasteiger partial charge in [0.15, 0.2) is 5.78 Å². The Morgan fingerprint density at radius 1 is 1.35 bits per heavy atom. The van der Waals surface area contributed by atoms with Crippen molar-refractivity contribution in [1.29, 1.82) is 0 Å². The Morgan fingerprint density at radius 3 is 2.40 bits per heavy atom. The molecule has 7 nitrogen and oxygen atoms in total. The molecule has 1 aromatic carbocycles. The number of nitro groups is 1. The van der Waals surface area contributed by atoms with Gasteiger partial charge < -0.3 is 9.05 Å². The molecule has 1 rings (SSSR count). The molecule has 0 atom stereocenters. The molecule has 0 radical (unpaired) electrons. The van der Waals surface area contributed by atoms with E-state index in [1.54, 1.807) is 6.07 Å². The number of ketones is 1. The van der Waals surface area contributed by atoms with Gasteiger partial charge in [0.25, 0.3) is 5.69 Å². The van der Waals surface area contributed by atoms with Crippen LogP contribution in [0, 0.1) is 10.1 Å². The van der Waals surface area contributed by atoms with Crippen LogP contribution in [0.5, 0.6) is 0 Å². The molecule has 0 spiro atoms. The first-order chi connectivity index (χ1) is 9.34. The van der Waals surface area contributed by atoms with Gasteiger partial charge in [0, 0.05) is 26.4 Å². The quantitative estimate of drug-likeness (QED) is 0.347. The lowest BCUT2D eigenvalue weighted by molar-refractivity contribution is -0.384. The number of carbonyl (C=O) groups is 1. The number of hydrogen-bond donors (Lipinski definition) is 0. The molecular weight excluding hydrogens is 285 g/mol. The largest absolute Gasteiger partial charge is 0.364 e. The molecule has 0 N–H and O–H groups in total. The number of hydrogen-bond acceptors (Lipinski definition) is 6. The van der Waals surface area contributed by atoms with Crippen molar-refractivity contribution in [2.75, 3.05) is 14.2 Å². The topological polar surface area (TPSA) is 95.7 Å². The Labute approximate surface area is 115 Å². The van der Waals surface area contributed by atoms with Gasteiger partial charge in [0.05, 0.1) is 4.92 Å². The first-order valence-electron chi connectivity index (χ1n) is 5.53.